The van der Waals surface area contributed by atoms with Gasteiger partial charge in [0.15, 0.2) is 0 Å². The van der Waals surface area contributed by atoms with Crippen LogP contribution in [0.15, 0.2) is 65.6 Å². The van der Waals surface area contributed by atoms with E-state index in [0.29, 0.717) is 6.07 Å². The molecule has 0 aliphatic carbocycles. The van der Waals surface area contributed by atoms with Crippen molar-refractivity contribution in [2.75, 3.05) is 10.0 Å². The third-order valence-electron chi connectivity index (χ3n) is 3.78. The van der Waals surface area contributed by atoms with E-state index >= 15 is 0 Å². The van der Waals surface area contributed by atoms with E-state index in [2.05, 4.69) is 10.0 Å². The molecule has 10 heteroatoms. The highest BCUT2D eigenvalue weighted by molar-refractivity contribution is 7.92. The van der Waals surface area contributed by atoms with E-state index in [1.807, 2.05) is 0 Å². The average molecular weight is 441 g/mol. The van der Waals surface area contributed by atoms with Crippen molar-refractivity contribution in [1.82, 2.24) is 0 Å². The largest absolute Gasteiger partial charge is 0.319 e. The number of carbonyl (C=O) groups is 1. The first-order valence-electron chi connectivity index (χ1n) is 8.00. The summed E-state index contributed by atoms with van der Waals surface area (Å²) < 4.78 is 67.4. The van der Waals surface area contributed by atoms with Crippen LogP contribution in [-0.4, -0.2) is 14.3 Å². The Morgan fingerprint density at radius 3 is 2.17 bits per heavy atom. The van der Waals surface area contributed by atoms with Gasteiger partial charge in [-0.3, -0.25) is 9.52 Å². The topological polar surface area (TPSA) is 75.3 Å². The van der Waals surface area contributed by atoms with Gasteiger partial charge in [-0.25, -0.2) is 21.6 Å². The van der Waals surface area contributed by atoms with Gasteiger partial charge in [0, 0.05) is 5.56 Å². The minimum Gasteiger partial charge on any atom is -0.319 e. The molecule has 0 heterocycles. The molecule has 5 nitrogen and oxygen atoms in total. The summed E-state index contributed by atoms with van der Waals surface area (Å²) in [6.45, 7) is 0. The van der Waals surface area contributed by atoms with Gasteiger partial charge in [-0.1, -0.05) is 11.6 Å². The molecule has 29 heavy (non-hydrogen) atoms. The lowest BCUT2D eigenvalue weighted by Gasteiger charge is -2.11. The molecule has 0 bridgehead atoms. The van der Waals surface area contributed by atoms with Crippen molar-refractivity contribution in [3.8, 4) is 0 Å². The lowest BCUT2D eigenvalue weighted by molar-refractivity contribution is 0.102. The molecular weight excluding hydrogens is 429 g/mol. The molecular formula is C19H12ClF3N2O3S. The van der Waals surface area contributed by atoms with Gasteiger partial charge in [-0.05, 0) is 60.7 Å². The Hall–Kier alpha value is -3.04. The molecule has 0 atom stereocenters. The molecule has 0 saturated carbocycles. The number of anilines is 2. The van der Waals surface area contributed by atoms with E-state index in [-0.39, 0.29) is 22.0 Å². The van der Waals surface area contributed by atoms with Crippen molar-refractivity contribution < 1.29 is 26.4 Å². The van der Waals surface area contributed by atoms with Gasteiger partial charge >= 0.3 is 0 Å². The summed E-state index contributed by atoms with van der Waals surface area (Å²) in [6.07, 6.45) is 0. The van der Waals surface area contributed by atoms with Gasteiger partial charge in [0.25, 0.3) is 15.9 Å². The fourth-order valence-electron chi connectivity index (χ4n) is 2.33. The minimum absolute atomic E-state index is 0.00880. The monoisotopic (exact) mass is 440 g/mol. The third kappa shape index (κ3) is 4.87. The molecule has 0 spiro atoms. The van der Waals surface area contributed by atoms with E-state index in [0.717, 1.165) is 42.5 Å². The molecule has 0 aromatic heterocycles. The number of sulfonamides is 1. The number of rotatable bonds is 5. The summed E-state index contributed by atoms with van der Waals surface area (Å²) in [5.74, 6) is -2.95. The SMILES string of the molecule is O=C(Nc1ccc(S(=O)(=O)Nc2ccc(F)c(Cl)c2)cc1F)c1ccc(F)cc1. The van der Waals surface area contributed by atoms with Crippen molar-refractivity contribution in [3.63, 3.8) is 0 Å². The Morgan fingerprint density at radius 1 is 0.862 bits per heavy atom. The van der Waals surface area contributed by atoms with E-state index in [1.54, 1.807) is 0 Å². The summed E-state index contributed by atoms with van der Waals surface area (Å²) in [5, 5.41) is 2.00. The maximum atomic E-state index is 14.3. The average Bonchev–Trinajstić information content (AvgIpc) is 2.66. The zero-order valence-corrected chi connectivity index (χ0v) is 16.0. The maximum Gasteiger partial charge on any atom is 0.261 e. The highest BCUT2D eigenvalue weighted by Crippen LogP contribution is 2.24. The molecule has 3 aromatic carbocycles. The van der Waals surface area contributed by atoms with Crippen LogP contribution in [-0.2, 0) is 10.0 Å². The fourth-order valence-corrected chi connectivity index (χ4v) is 3.58. The summed E-state index contributed by atoms with van der Waals surface area (Å²) in [4.78, 5) is 11.7. The summed E-state index contributed by atoms with van der Waals surface area (Å²) >= 11 is 5.61. The number of benzene rings is 3. The molecule has 3 aromatic rings. The van der Waals surface area contributed by atoms with Gasteiger partial charge in [-0.2, -0.15) is 0 Å². The van der Waals surface area contributed by atoms with E-state index in [9.17, 15) is 26.4 Å². The summed E-state index contributed by atoms with van der Waals surface area (Å²) in [7, 11) is -4.19. The Kier molecular flexibility index (Phi) is 5.81. The highest BCUT2D eigenvalue weighted by atomic mass is 35.5. The van der Waals surface area contributed by atoms with Gasteiger partial charge in [-0.15, -0.1) is 0 Å². The van der Waals surface area contributed by atoms with Crippen molar-refractivity contribution in [2.45, 2.75) is 4.90 Å². The standard InChI is InChI=1S/C19H12ClF3N2O3S/c20-15-9-13(5-7-16(15)22)25-29(27,28)14-6-8-18(17(23)10-14)24-19(26)11-1-3-12(21)4-2-11/h1-10,25H,(H,24,26). The third-order valence-corrected chi connectivity index (χ3v) is 5.45. The van der Waals surface area contributed by atoms with Crippen LogP contribution in [0.5, 0.6) is 0 Å². The second-order valence-electron chi connectivity index (χ2n) is 5.84. The molecule has 150 valence electrons. The van der Waals surface area contributed by atoms with Crippen molar-refractivity contribution in [1.29, 1.82) is 0 Å². The first-order chi connectivity index (χ1) is 13.7. The van der Waals surface area contributed by atoms with Crippen LogP contribution in [0.3, 0.4) is 0 Å². The summed E-state index contributed by atoms with van der Waals surface area (Å²) in [5.41, 5.74) is -0.175. The van der Waals surface area contributed by atoms with Crippen LogP contribution < -0.4 is 10.0 Å². The second kappa shape index (κ2) is 8.14. The predicted molar refractivity (Wildman–Crippen MR) is 103 cm³/mol. The number of hydrogen-bond donors (Lipinski definition) is 2. The molecule has 0 radical (unpaired) electrons. The molecule has 2 N–H and O–H groups in total. The van der Waals surface area contributed by atoms with Crippen molar-refractivity contribution >= 4 is 38.9 Å². The summed E-state index contributed by atoms with van der Waals surface area (Å²) in [6, 6.07) is 10.7. The van der Waals surface area contributed by atoms with Crippen LogP contribution >= 0.6 is 11.6 Å². The Labute approximate surface area is 169 Å². The lowest BCUT2D eigenvalue weighted by Crippen LogP contribution is -2.15. The normalized spacial score (nSPS) is 11.2. The van der Waals surface area contributed by atoms with Gasteiger partial charge in [0.2, 0.25) is 0 Å². The van der Waals surface area contributed by atoms with Gasteiger partial charge in [0.1, 0.15) is 17.5 Å². The molecule has 3 rings (SSSR count). The number of nitrogens with one attached hydrogen (secondary N) is 2. The van der Waals surface area contributed by atoms with E-state index in [4.69, 9.17) is 11.6 Å². The molecule has 0 saturated heterocycles. The van der Waals surface area contributed by atoms with Gasteiger partial charge in [0.05, 0.1) is 21.3 Å². The van der Waals surface area contributed by atoms with Gasteiger partial charge < -0.3 is 5.32 Å². The predicted octanol–water partition coefficient (Wildman–Crippen LogP) is 4.81. The van der Waals surface area contributed by atoms with E-state index < -0.39 is 38.3 Å². The molecule has 0 unspecified atom stereocenters. The Morgan fingerprint density at radius 2 is 1.55 bits per heavy atom. The molecule has 1 amide bonds. The Balaban J connectivity index is 1.79. The van der Waals surface area contributed by atoms with Crippen LogP contribution in [0.1, 0.15) is 10.4 Å². The number of amides is 1. The zero-order chi connectivity index (χ0) is 21.2. The van der Waals surface area contributed by atoms with Crippen LogP contribution in [0.25, 0.3) is 0 Å². The van der Waals surface area contributed by atoms with Crippen molar-refractivity contribution in [3.05, 3.63) is 88.7 Å². The first-order valence-corrected chi connectivity index (χ1v) is 9.86. The molecule has 0 fully saturated rings. The fraction of sp³-hybridized carbons (Fsp3) is 0. The lowest BCUT2D eigenvalue weighted by atomic mass is 10.2. The Bertz CT molecular complexity index is 1190. The number of carbonyl (C=O) groups excluding carboxylic acids is 1. The number of hydrogen-bond acceptors (Lipinski definition) is 3. The zero-order valence-electron chi connectivity index (χ0n) is 14.4. The van der Waals surface area contributed by atoms with Crippen LogP contribution in [0.4, 0.5) is 24.5 Å². The van der Waals surface area contributed by atoms with Crippen LogP contribution in [0.2, 0.25) is 5.02 Å². The number of halogens is 4. The maximum absolute atomic E-state index is 14.3. The first kappa shape index (κ1) is 20.7. The smallest absolute Gasteiger partial charge is 0.261 e. The second-order valence-corrected chi connectivity index (χ2v) is 7.93. The highest BCUT2D eigenvalue weighted by Gasteiger charge is 2.18. The molecule has 0 aliphatic heterocycles. The van der Waals surface area contributed by atoms with E-state index in [1.165, 1.54) is 12.1 Å². The van der Waals surface area contributed by atoms with Crippen molar-refractivity contribution in [2.24, 2.45) is 0 Å². The molecule has 0 aliphatic rings. The quantitative estimate of drug-likeness (QED) is 0.597. The minimum atomic E-state index is -4.19. The van der Waals surface area contributed by atoms with Crippen LogP contribution in [0, 0.1) is 17.5 Å².